The molecular formula is C11H14N6OS. The van der Waals surface area contributed by atoms with Crippen LogP contribution in [0.2, 0.25) is 0 Å². The summed E-state index contributed by atoms with van der Waals surface area (Å²) in [6.45, 7) is 2.53. The van der Waals surface area contributed by atoms with Crippen LogP contribution in [0.3, 0.4) is 0 Å². The Kier molecular flexibility index (Phi) is 3.49. The molecule has 1 aromatic rings. The lowest BCUT2D eigenvalue weighted by Crippen LogP contribution is -2.32. The zero-order valence-electron chi connectivity index (χ0n) is 10.3. The van der Waals surface area contributed by atoms with Crippen LogP contribution in [0.1, 0.15) is 23.3 Å². The quantitative estimate of drug-likeness (QED) is 0.841. The Morgan fingerprint density at radius 3 is 3.37 bits per heavy atom. The van der Waals surface area contributed by atoms with Gasteiger partial charge in [0.05, 0.1) is 6.20 Å². The van der Waals surface area contributed by atoms with Crippen LogP contribution in [-0.2, 0) is 0 Å². The summed E-state index contributed by atoms with van der Waals surface area (Å²) in [5, 5.41) is 15.8. The highest BCUT2D eigenvalue weighted by Gasteiger charge is 2.24. The first-order valence-electron chi connectivity index (χ1n) is 6.16. The van der Waals surface area contributed by atoms with Crippen LogP contribution in [0.5, 0.6) is 0 Å². The standard InChI is InChI=1S/C11H14N6OS/c18-10(9-6-14-16-15-9)12-4-2-8-7-19-11-13-3-1-5-17(8)11/h6-7H,1-5H2,(H,12,18)(H,14,15,16). The molecule has 0 radical (unpaired) electrons. The number of rotatable bonds is 4. The molecule has 19 heavy (non-hydrogen) atoms. The molecule has 1 aromatic heterocycles. The highest BCUT2D eigenvalue weighted by Crippen LogP contribution is 2.30. The van der Waals surface area contributed by atoms with Gasteiger partial charge in [-0.15, -0.1) is 0 Å². The molecule has 2 aliphatic heterocycles. The summed E-state index contributed by atoms with van der Waals surface area (Å²) in [5.41, 5.74) is 1.54. The lowest BCUT2D eigenvalue weighted by Gasteiger charge is -2.25. The predicted molar refractivity (Wildman–Crippen MR) is 72.6 cm³/mol. The van der Waals surface area contributed by atoms with Crippen molar-refractivity contribution in [1.29, 1.82) is 0 Å². The number of hydrogen-bond acceptors (Lipinski definition) is 6. The highest BCUT2D eigenvalue weighted by molar-refractivity contribution is 8.16. The SMILES string of the molecule is O=C(NCCC1=CSC2=NCCCN12)c1cn[nH]n1. The number of aromatic nitrogens is 3. The van der Waals surface area contributed by atoms with Crippen molar-refractivity contribution < 1.29 is 4.79 Å². The Labute approximate surface area is 114 Å². The van der Waals surface area contributed by atoms with Crippen molar-refractivity contribution in [3.63, 3.8) is 0 Å². The van der Waals surface area contributed by atoms with Crippen LogP contribution >= 0.6 is 11.8 Å². The van der Waals surface area contributed by atoms with Crippen LogP contribution in [0.4, 0.5) is 0 Å². The Morgan fingerprint density at radius 2 is 2.53 bits per heavy atom. The maximum atomic E-state index is 11.7. The second-order valence-corrected chi connectivity index (χ2v) is 5.09. The topological polar surface area (TPSA) is 86.3 Å². The lowest BCUT2D eigenvalue weighted by molar-refractivity contribution is 0.0948. The molecule has 0 spiro atoms. The number of hydrogen-bond donors (Lipinski definition) is 2. The van der Waals surface area contributed by atoms with Gasteiger partial charge in [0.2, 0.25) is 0 Å². The average Bonchev–Trinajstić information content (AvgIpc) is 3.08. The summed E-state index contributed by atoms with van der Waals surface area (Å²) in [5.74, 6) is -0.201. The van der Waals surface area contributed by atoms with E-state index in [-0.39, 0.29) is 5.91 Å². The van der Waals surface area contributed by atoms with E-state index in [0.29, 0.717) is 12.2 Å². The maximum absolute atomic E-state index is 11.7. The number of aromatic amines is 1. The van der Waals surface area contributed by atoms with Crippen molar-refractivity contribution in [3.8, 4) is 0 Å². The first kappa shape index (κ1) is 12.2. The minimum absolute atomic E-state index is 0.201. The summed E-state index contributed by atoms with van der Waals surface area (Å²) in [6.07, 6.45) is 3.30. The fraction of sp³-hybridized carbons (Fsp3) is 0.455. The van der Waals surface area contributed by atoms with E-state index >= 15 is 0 Å². The molecule has 0 bridgehead atoms. The smallest absolute Gasteiger partial charge is 0.273 e. The fourth-order valence-electron chi connectivity index (χ4n) is 2.04. The molecule has 0 unspecified atom stereocenters. The van der Waals surface area contributed by atoms with Gasteiger partial charge >= 0.3 is 0 Å². The average molecular weight is 278 g/mol. The van der Waals surface area contributed by atoms with Crippen molar-refractivity contribution in [3.05, 3.63) is 23.0 Å². The van der Waals surface area contributed by atoms with E-state index in [0.717, 1.165) is 31.1 Å². The van der Waals surface area contributed by atoms with Crippen LogP contribution in [0.25, 0.3) is 0 Å². The van der Waals surface area contributed by atoms with Crippen LogP contribution < -0.4 is 5.32 Å². The molecule has 100 valence electrons. The number of thioether (sulfide) groups is 1. The molecule has 0 aromatic carbocycles. The molecular weight excluding hydrogens is 264 g/mol. The number of nitrogens with zero attached hydrogens (tertiary/aromatic N) is 4. The number of fused-ring (bicyclic) bond motifs is 1. The Balaban J connectivity index is 1.49. The Bertz CT molecular complexity index is 523. The molecule has 0 saturated heterocycles. The molecule has 3 rings (SSSR count). The van der Waals surface area contributed by atoms with Crippen LogP contribution in [-0.4, -0.2) is 51.0 Å². The summed E-state index contributed by atoms with van der Waals surface area (Å²) in [4.78, 5) is 18.4. The van der Waals surface area contributed by atoms with Crippen LogP contribution in [0, 0.1) is 0 Å². The van der Waals surface area contributed by atoms with E-state index in [4.69, 9.17) is 0 Å². The van der Waals surface area contributed by atoms with Gasteiger partial charge in [0.25, 0.3) is 5.91 Å². The minimum atomic E-state index is -0.201. The minimum Gasteiger partial charge on any atom is -0.350 e. The highest BCUT2D eigenvalue weighted by atomic mass is 32.2. The van der Waals surface area contributed by atoms with Gasteiger partial charge in [-0.25, -0.2) is 0 Å². The number of carbonyl (C=O) groups is 1. The second kappa shape index (κ2) is 5.43. The Hall–Kier alpha value is -1.83. The normalized spacial score (nSPS) is 17.8. The third-order valence-electron chi connectivity index (χ3n) is 2.98. The summed E-state index contributed by atoms with van der Waals surface area (Å²) < 4.78 is 0. The molecule has 8 heteroatoms. The molecule has 2 aliphatic rings. The molecule has 0 aliphatic carbocycles. The lowest BCUT2D eigenvalue weighted by atomic mass is 10.2. The maximum Gasteiger partial charge on any atom is 0.273 e. The molecule has 0 atom stereocenters. The van der Waals surface area contributed by atoms with E-state index in [2.05, 4.69) is 36.0 Å². The van der Waals surface area contributed by atoms with Gasteiger partial charge in [0.15, 0.2) is 10.9 Å². The number of amidine groups is 1. The van der Waals surface area contributed by atoms with Gasteiger partial charge in [-0.1, -0.05) is 11.8 Å². The zero-order valence-corrected chi connectivity index (χ0v) is 11.1. The van der Waals surface area contributed by atoms with Crippen molar-refractivity contribution in [2.24, 2.45) is 4.99 Å². The second-order valence-electron chi connectivity index (χ2n) is 4.26. The molecule has 0 saturated carbocycles. The van der Waals surface area contributed by atoms with Gasteiger partial charge in [0, 0.05) is 31.8 Å². The number of carbonyl (C=O) groups excluding carboxylic acids is 1. The van der Waals surface area contributed by atoms with E-state index in [1.54, 1.807) is 11.8 Å². The van der Waals surface area contributed by atoms with E-state index in [1.165, 1.54) is 11.9 Å². The molecule has 0 fully saturated rings. The van der Waals surface area contributed by atoms with Crippen molar-refractivity contribution in [1.82, 2.24) is 25.6 Å². The van der Waals surface area contributed by atoms with Gasteiger partial charge < -0.3 is 10.2 Å². The van der Waals surface area contributed by atoms with Gasteiger partial charge in [-0.3, -0.25) is 9.79 Å². The largest absolute Gasteiger partial charge is 0.350 e. The first-order valence-corrected chi connectivity index (χ1v) is 7.04. The van der Waals surface area contributed by atoms with Gasteiger partial charge in [-0.2, -0.15) is 15.4 Å². The number of amides is 1. The summed E-state index contributed by atoms with van der Waals surface area (Å²) >= 11 is 1.66. The molecule has 2 N–H and O–H groups in total. The van der Waals surface area contributed by atoms with Crippen molar-refractivity contribution in [2.45, 2.75) is 12.8 Å². The van der Waals surface area contributed by atoms with Crippen molar-refractivity contribution in [2.75, 3.05) is 19.6 Å². The van der Waals surface area contributed by atoms with Crippen molar-refractivity contribution >= 4 is 22.8 Å². The van der Waals surface area contributed by atoms with E-state index in [1.807, 2.05) is 0 Å². The summed E-state index contributed by atoms with van der Waals surface area (Å²) in [7, 11) is 0. The third kappa shape index (κ3) is 2.62. The van der Waals surface area contributed by atoms with Gasteiger partial charge in [0.1, 0.15) is 0 Å². The number of aliphatic imine (C=N–C) groups is 1. The number of nitrogens with one attached hydrogen (secondary N) is 2. The Morgan fingerprint density at radius 1 is 1.58 bits per heavy atom. The predicted octanol–water partition coefficient (Wildman–Crippen LogP) is 0.574. The molecule has 3 heterocycles. The molecule has 7 nitrogen and oxygen atoms in total. The first-order chi connectivity index (χ1) is 9.34. The van der Waals surface area contributed by atoms with E-state index in [9.17, 15) is 4.79 Å². The zero-order chi connectivity index (χ0) is 13.1. The summed E-state index contributed by atoms with van der Waals surface area (Å²) in [6, 6.07) is 0. The van der Waals surface area contributed by atoms with Crippen LogP contribution in [0.15, 0.2) is 22.3 Å². The number of H-pyrrole nitrogens is 1. The third-order valence-corrected chi connectivity index (χ3v) is 3.93. The monoisotopic (exact) mass is 278 g/mol. The van der Waals surface area contributed by atoms with Gasteiger partial charge in [-0.05, 0) is 11.8 Å². The fourth-order valence-corrected chi connectivity index (χ4v) is 3.02. The van der Waals surface area contributed by atoms with E-state index < -0.39 is 0 Å². The molecule has 1 amide bonds.